The third-order valence-corrected chi connectivity index (χ3v) is 2.49. The molecule has 0 aliphatic rings. The molecule has 1 amide bonds. The summed E-state index contributed by atoms with van der Waals surface area (Å²) in [6.45, 7) is 1.98. The minimum atomic E-state index is -0.984. The van der Waals surface area contributed by atoms with E-state index in [2.05, 4.69) is 5.32 Å². The molecule has 5 N–H and O–H groups in total. The highest BCUT2D eigenvalue weighted by atomic mass is 16.4. The second kappa shape index (κ2) is 8.25. The van der Waals surface area contributed by atoms with Gasteiger partial charge in [-0.15, -0.1) is 0 Å². The molecule has 0 spiro atoms. The number of rotatable bonds is 6. The molecule has 5 nitrogen and oxygen atoms in total. The summed E-state index contributed by atoms with van der Waals surface area (Å²) in [5.41, 5.74) is 0.482. The van der Waals surface area contributed by atoms with Crippen molar-refractivity contribution >= 4 is 11.9 Å². The molecule has 1 aromatic carbocycles. The maximum atomic E-state index is 11.7. The molecular formula is C13H20N2O3. The minimum Gasteiger partial charge on any atom is -0.480 e. The smallest absolute Gasteiger partial charge is 0.326 e. The normalized spacial score (nSPS) is 11.2. The molecule has 0 saturated carbocycles. The zero-order valence-electron chi connectivity index (χ0n) is 10.6. The number of unbranched alkanes of at least 4 members (excludes halogenated alkanes) is 1. The van der Waals surface area contributed by atoms with Crippen molar-refractivity contribution < 1.29 is 14.7 Å². The summed E-state index contributed by atoms with van der Waals surface area (Å²) in [6, 6.07) is 7.82. The fourth-order valence-electron chi connectivity index (χ4n) is 1.50. The van der Waals surface area contributed by atoms with Gasteiger partial charge in [-0.25, -0.2) is 4.79 Å². The molecule has 1 aromatic rings. The molecule has 1 atom stereocenters. The molecule has 18 heavy (non-hydrogen) atoms. The van der Waals surface area contributed by atoms with Crippen LogP contribution in [0.1, 0.15) is 36.5 Å². The van der Waals surface area contributed by atoms with E-state index in [-0.39, 0.29) is 12.1 Å². The highest BCUT2D eigenvalue weighted by Crippen LogP contribution is 2.04. The first-order chi connectivity index (χ1) is 8.15. The van der Waals surface area contributed by atoms with Crippen molar-refractivity contribution in [2.24, 2.45) is 0 Å². The Kier molecular flexibility index (Phi) is 7.38. The summed E-state index contributed by atoms with van der Waals surface area (Å²) in [6.07, 6.45) is 2.15. The lowest BCUT2D eigenvalue weighted by atomic mass is 10.1. The van der Waals surface area contributed by atoms with Crippen LogP contribution in [0, 0.1) is 0 Å². The van der Waals surface area contributed by atoms with Crippen molar-refractivity contribution in [1.82, 2.24) is 11.5 Å². The number of hydrogen-bond donors (Lipinski definition) is 3. The zero-order valence-corrected chi connectivity index (χ0v) is 10.6. The van der Waals surface area contributed by atoms with Crippen molar-refractivity contribution in [2.45, 2.75) is 32.2 Å². The van der Waals surface area contributed by atoms with E-state index in [1.54, 1.807) is 24.3 Å². The largest absolute Gasteiger partial charge is 0.480 e. The summed E-state index contributed by atoms with van der Waals surface area (Å²) in [4.78, 5) is 22.7. The molecule has 5 heteroatoms. The highest BCUT2D eigenvalue weighted by molar-refractivity contribution is 5.96. The van der Waals surface area contributed by atoms with Crippen LogP contribution in [0.5, 0.6) is 0 Å². The molecule has 0 aliphatic heterocycles. The van der Waals surface area contributed by atoms with Crippen LogP contribution < -0.4 is 11.5 Å². The second-order valence-electron chi connectivity index (χ2n) is 3.87. The van der Waals surface area contributed by atoms with Crippen molar-refractivity contribution in [2.75, 3.05) is 0 Å². The molecule has 1 unspecified atom stereocenters. The van der Waals surface area contributed by atoms with Crippen LogP contribution >= 0.6 is 0 Å². The number of amides is 1. The molecule has 0 saturated heterocycles. The van der Waals surface area contributed by atoms with Gasteiger partial charge in [-0.1, -0.05) is 38.0 Å². The van der Waals surface area contributed by atoms with Crippen LogP contribution in [0.4, 0.5) is 0 Å². The Morgan fingerprint density at radius 1 is 1.28 bits per heavy atom. The van der Waals surface area contributed by atoms with Crippen LogP contribution in [0.25, 0.3) is 0 Å². The fraction of sp³-hybridized carbons (Fsp3) is 0.385. The van der Waals surface area contributed by atoms with E-state index in [0.29, 0.717) is 12.0 Å². The van der Waals surface area contributed by atoms with Gasteiger partial charge in [-0.3, -0.25) is 4.79 Å². The standard InChI is InChI=1S/C13H17NO3.H3N/c1-2-3-9-11(13(16)17)14-12(15)10-7-5-4-6-8-10;/h4-8,11H,2-3,9H2,1H3,(H,14,15)(H,16,17);1H3. The SMILES string of the molecule is CCCCC(NC(=O)c1ccccc1)C(=O)O.N. The Hall–Kier alpha value is -1.88. The Morgan fingerprint density at radius 3 is 2.39 bits per heavy atom. The van der Waals surface area contributed by atoms with E-state index >= 15 is 0 Å². The summed E-state index contributed by atoms with van der Waals surface area (Å²) in [5, 5.41) is 11.5. The van der Waals surface area contributed by atoms with Gasteiger partial charge in [0.05, 0.1) is 0 Å². The summed E-state index contributed by atoms with van der Waals surface area (Å²) in [5.74, 6) is -1.32. The number of nitrogens with one attached hydrogen (secondary N) is 1. The molecule has 1 rings (SSSR count). The van der Waals surface area contributed by atoms with Crippen LogP contribution in [-0.2, 0) is 4.79 Å². The molecular weight excluding hydrogens is 232 g/mol. The van der Waals surface area contributed by atoms with E-state index in [9.17, 15) is 9.59 Å². The van der Waals surface area contributed by atoms with E-state index in [4.69, 9.17) is 5.11 Å². The maximum Gasteiger partial charge on any atom is 0.326 e. The van der Waals surface area contributed by atoms with Gasteiger partial charge in [-0.05, 0) is 18.6 Å². The van der Waals surface area contributed by atoms with Gasteiger partial charge in [0, 0.05) is 5.56 Å². The predicted molar refractivity (Wildman–Crippen MR) is 69.9 cm³/mol. The molecule has 0 bridgehead atoms. The third-order valence-electron chi connectivity index (χ3n) is 2.49. The number of carbonyl (C=O) groups is 2. The quantitative estimate of drug-likeness (QED) is 0.722. The van der Waals surface area contributed by atoms with Gasteiger partial charge in [-0.2, -0.15) is 0 Å². The number of carbonyl (C=O) groups excluding carboxylic acids is 1. The lowest BCUT2D eigenvalue weighted by molar-refractivity contribution is -0.139. The average Bonchev–Trinajstić information content (AvgIpc) is 2.35. The fourth-order valence-corrected chi connectivity index (χ4v) is 1.50. The molecule has 100 valence electrons. The predicted octanol–water partition coefficient (Wildman–Crippen LogP) is 2.22. The second-order valence-corrected chi connectivity index (χ2v) is 3.87. The number of hydrogen-bond acceptors (Lipinski definition) is 3. The first-order valence-electron chi connectivity index (χ1n) is 5.74. The first kappa shape index (κ1) is 16.1. The lowest BCUT2D eigenvalue weighted by Gasteiger charge is -2.13. The molecule has 0 aliphatic carbocycles. The molecule has 0 heterocycles. The summed E-state index contributed by atoms with van der Waals surface area (Å²) < 4.78 is 0. The van der Waals surface area contributed by atoms with E-state index in [1.165, 1.54) is 0 Å². The summed E-state index contributed by atoms with van der Waals surface area (Å²) >= 11 is 0. The number of benzene rings is 1. The van der Waals surface area contributed by atoms with Crippen molar-refractivity contribution in [1.29, 1.82) is 0 Å². The Bertz CT molecular complexity index is 379. The van der Waals surface area contributed by atoms with Gasteiger partial charge in [0.25, 0.3) is 5.91 Å². The third kappa shape index (κ3) is 4.97. The van der Waals surface area contributed by atoms with Crippen molar-refractivity contribution in [3.05, 3.63) is 35.9 Å². The number of carboxylic acid groups (broad SMARTS) is 1. The average molecular weight is 252 g/mol. The topological polar surface area (TPSA) is 101 Å². The molecule has 0 aromatic heterocycles. The van der Waals surface area contributed by atoms with E-state index in [0.717, 1.165) is 12.8 Å². The van der Waals surface area contributed by atoms with Gasteiger partial charge in [0.1, 0.15) is 6.04 Å². The summed E-state index contributed by atoms with van der Waals surface area (Å²) in [7, 11) is 0. The highest BCUT2D eigenvalue weighted by Gasteiger charge is 2.19. The van der Waals surface area contributed by atoms with Gasteiger partial charge < -0.3 is 16.6 Å². The van der Waals surface area contributed by atoms with Gasteiger partial charge >= 0.3 is 5.97 Å². The van der Waals surface area contributed by atoms with E-state index < -0.39 is 12.0 Å². The maximum absolute atomic E-state index is 11.7. The minimum absolute atomic E-state index is 0. The first-order valence-corrected chi connectivity index (χ1v) is 5.74. The Labute approximate surface area is 107 Å². The van der Waals surface area contributed by atoms with Crippen LogP contribution in [-0.4, -0.2) is 23.0 Å². The van der Waals surface area contributed by atoms with Crippen molar-refractivity contribution in [3.8, 4) is 0 Å². The molecule has 0 fully saturated rings. The molecule has 0 radical (unpaired) electrons. The van der Waals surface area contributed by atoms with Crippen LogP contribution in [0.3, 0.4) is 0 Å². The van der Waals surface area contributed by atoms with Crippen molar-refractivity contribution in [3.63, 3.8) is 0 Å². The van der Waals surface area contributed by atoms with E-state index in [1.807, 2.05) is 13.0 Å². The number of aliphatic carboxylic acids is 1. The Morgan fingerprint density at radius 2 is 1.89 bits per heavy atom. The van der Waals surface area contributed by atoms with Gasteiger partial charge in [0.15, 0.2) is 0 Å². The Balaban J connectivity index is 0.00000289. The van der Waals surface area contributed by atoms with Crippen LogP contribution in [0.15, 0.2) is 30.3 Å². The zero-order chi connectivity index (χ0) is 12.7. The van der Waals surface area contributed by atoms with Crippen LogP contribution in [0.2, 0.25) is 0 Å². The monoisotopic (exact) mass is 252 g/mol. The van der Waals surface area contributed by atoms with Gasteiger partial charge in [0.2, 0.25) is 0 Å². The lowest BCUT2D eigenvalue weighted by Crippen LogP contribution is -2.40. The number of carboxylic acids is 1.